The van der Waals surface area contributed by atoms with Crippen molar-refractivity contribution in [1.82, 2.24) is 35.7 Å². The average Bonchev–Trinajstić information content (AvgIpc) is 3.27. The predicted octanol–water partition coefficient (Wildman–Crippen LogP) is 1.79. The SMILES string of the molecule is CC(C)Cc1noc(C(C)NC(=O)c2ccc(Cn3cnnn3)cc2)n1. The van der Waals surface area contributed by atoms with E-state index in [2.05, 4.69) is 44.8 Å². The van der Waals surface area contributed by atoms with Crippen LogP contribution in [0.3, 0.4) is 0 Å². The van der Waals surface area contributed by atoms with Gasteiger partial charge in [0.05, 0.1) is 6.54 Å². The molecule has 136 valence electrons. The standard InChI is InChI=1S/C17H21N7O2/c1-11(2)8-15-20-17(26-21-15)12(3)19-16(25)14-6-4-13(5-7-14)9-24-10-18-22-23-24/h4-7,10-12H,8-9H2,1-3H3,(H,19,25). The summed E-state index contributed by atoms with van der Waals surface area (Å²) in [7, 11) is 0. The second-order valence-corrected chi connectivity index (χ2v) is 6.55. The van der Waals surface area contributed by atoms with E-state index in [9.17, 15) is 4.79 Å². The minimum absolute atomic E-state index is 0.199. The highest BCUT2D eigenvalue weighted by atomic mass is 16.5. The summed E-state index contributed by atoms with van der Waals surface area (Å²) in [4.78, 5) is 16.7. The van der Waals surface area contributed by atoms with Gasteiger partial charge in [0.15, 0.2) is 5.82 Å². The van der Waals surface area contributed by atoms with Crippen molar-refractivity contribution in [3.05, 3.63) is 53.4 Å². The Balaban J connectivity index is 1.59. The van der Waals surface area contributed by atoms with Gasteiger partial charge in [0.1, 0.15) is 12.4 Å². The van der Waals surface area contributed by atoms with Crippen LogP contribution in [0.15, 0.2) is 35.1 Å². The lowest BCUT2D eigenvalue weighted by atomic mass is 10.1. The molecule has 0 aliphatic rings. The largest absolute Gasteiger partial charge is 0.341 e. The maximum absolute atomic E-state index is 12.4. The van der Waals surface area contributed by atoms with Crippen LogP contribution in [0.2, 0.25) is 0 Å². The molecule has 0 radical (unpaired) electrons. The highest BCUT2D eigenvalue weighted by Crippen LogP contribution is 2.13. The summed E-state index contributed by atoms with van der Waals surface area (Å²) in [6.45, 7) is 6.54. The van der Waals surface area contributed by atoms with Crippen LogP contribution >= 0.6 is 0 Å². The number of nitrogens with zero attached hydrogens (tertiary/aromatic N) is 6. The second-order valence-electron chi connectivity index (χ2n) is 6.55. The smallest absolute Gasteiger partial charge is 0.251 e. The van der Waals surface area contributed by atoms with E-state index in [1.54, 1.807) is 23.1 Å². The van der Waals surface area contributed by atoms with E-state index in [1.807, 2.05) is 19.1 Å². The number of carbonyl (C=O) groups excluding carboxylic acids is 1. The monoisotopic (exact) mass is 355 g/mol. The molecule has 2 heterocycles. The van der Waals surface area contributed by atoms with Crippen molar-refractivity contribution in [1.29, 1.82) is 0 Å². The highest BCUT2D eigenvalue weighted by molar-refractivity contribution is 5.94. The third-order valence-electron chi connectivity index (χ3n) is 3.74. The van der Waals surface area contributed by atoms with Gasteiger partial charge in [-0.25, -0.2) is 4.68 Å². The zero-order valence-electron chi connectivity index (χ0n) is 15.0. The predicted molar refractivity (Wildman–Crippen MR) is 92.1 cm³/mol. The fraction of sp³-hybridized carbons (Fsp3) is 0.412. The summed E-state index contributed by atoms with van der Waals surface area (Å²) in [5.41, 5.74) is 1.55. The van der Waals surface area contributed by atoms with Crippen molar-refractivity contribution >= 4 is 5.91 Å². The molecule has 0 saturated heterocycles. The Morgan fingerprint density at radius 2 is 2.00 bits per heavy atom. The molecule has 0 bridgehead atoms. The molecule has 9 nitrogen and oxygen atoms in total. The van der Waals surface area contributed by atoms with Crippen LogP contribution in [0.5, 0.6) is 0 Å². The van der Waals surface area contributed by atoms with Crippen LogP contribution in [0.1, 0.15) is 54.4 Å². The molecule has 9 heteroatoms. The van der Waals surface area contributed by atoms with Gasteiger partial charge in [0, 0.05) is 12.0 Å². The fourth-order valence-electron chi connectivity index (χ4n) is 2.43. The summed E-state index contributed by atoms with van der Waals surface area (Å²) < 4.78 is 6.86. The van der Waals surface area contributed by atoms with E-state index < -0.39 is 0 Å². The van der Waals surface area contributed by atoms with Crippen LogP contribution in [0, 0.1) is 5.92 Å². The van der Waals surface area contributed by atoms with E-state index >= 15 is 0 Å². The first kappa shape index (κ1) is 17.7. The van der Waals surface area contributed by atoms with Gasteiger partial charge < -0.3 is 9.84 Å². The number of nitrogens with one attached hydrogen (secondary N) is 1. The molecular formula is C17H21N7O2. The third-order valence-corrected chi connectivity index (χ3v) is 3.74. The van der Waals surface area contributed by atoms with Crippen LogP contribution < -0.4 is 5.32 Å². The molecule has 0 saturated carbocycles. The summed E-state index contributed by atoms with van der Waals surface area (Å²) in [5.74, 6) is 1.31. The summed E-state index contributed by atoms with van der Waals surface area (Å²) in [6.07, 6.45) is 2.28. The van der Waals surface area contributed by atoms with Gasteiger partial charge >= 0.3 is 0 Å². The maximum Gasteiger partial charge on any atom is 0.251 e. The minimum Gasteiger partial charge on any atom is -0.341 e. The van der Waals surface area contributed by atoms with E-state index in [0.29, 0.717) is 29.7 Å². The Hall–Kier alpha value is -3.10. The molecule has 1 aromatic carbocycles. The molecule has 1 unspecified atom stereocenters. The lowest BCUT2D eigenvalue weighted by molar-refractivity contribution is 0.0932. The lowest BCUT2D eigenvalue weighted by Gasteiger charge is -2.10. The first-order valence-electron chi connectivity index (χ1n) is 8.44. The van der Waals surface area contributed by atoms with E-state index in [4.69, 9.17) is 4.52 Å². The Labute approximate surface area is 150 Å². The molecule has 26 heavy (non-hydrogen) atoms. The zero-order valence-corrected chi connectivity index (χ0v) is 15.0. The topological polar surface area (TPSA) is 112 Å². The fourth-order valence-corrected chi connectivity index (χ4v) is 2.43. The van der Waals surface area contributed by atoms with Gasteiger partial charge in [-0.05, 0) is 41.0 Å². The number of hydrogen-bond acceptors (Lipinski definition) is 7. The summed E-state index contributed by atoms with van der Waals surface area (Å²) >= 11 is 0. The Kier molecular flexibility index (Phi) is 5.35. The average molecular weight is 355 g/mol. The number of carbonyl (C=O) groups is 1. The quantitative estimate of drug-likeness (QED) is 0.687. The van der Waals surface area contributed by atoms with Gasteiger partial charge in [-0.2, -0.15) is 4.98 Å². The molecule has 0 aliphatic carbocycles. The van der Waals surface area contributed by atoms with Crippen LogP contribution in [0.25, 0.3) is 0 Å². The van der Waals surface area contributed by atoms with E-state index in [1.165, 1.54) is 0 Å². The van der Waals surface area contributed by atoms with Crippen molar-refractivity contribution in [2.75, 3.05) is 0 Å². The highest BCUT2D eigenvalue weighted by Gasteiger charge is 2.18. The van der Waals surface area contributed by atoms with Gasteiger partial charge in [0.25, 0.3) is 5.91 Å². The van der Waals surface area contributed by atoms with Gasteiger partial charge in [0.2, 0.25) is 5.89 Å². The Morgan fingerprint density at radius 3 is 2.65 bits per heavy atom. The number of amides is 1. The van der Waals surface area contributed by atoms with Crippen molar-refractivity contribution < 1.29 is 9.32 Å². The molecule has 3 rings (SSSR count). The molecule has 0 aliphatic heterocycles. The molecule has 1 amide bonds. The molecule has 2 aromatic heterocycles. The number of rotatable bonds is 7. The summed E-state index contributed by atoms with van der Waals surface area (Å²) in [6, 6.07) is 6.90. The number of tetrazole rings is 1. The lowest BCUT2D eigenvalue weighted by Crippen LogP contribution is -2.26. The van der Waals surface area contributed by atoms with Gasteiger partial charge in [-0.3, -0.25) is 4.79 Å². The van der Waals surface area contributed by atoms with Crippen molar-refractivity contribution in [2.45, 2.75) is 39.8 Å². The van der Waals surface area contributed by atoms with Crippen LogP contribution in [0.4, 0.5) is 0 Å². The Morgan fingerprint density at radius 1 is 1.23 bits per heavy atom. The normalized spacial score (nSPS) is 12.3. The third kappa shape index (κ3) is 4.50. The zero-order chi connectivity index (χ0) is 18.5. The molecule has 0 fully saturated rings. The summed E-state index contributed by atoms with van der Waals surface area (Å²) in [5, 5.41) is 17.8. The minimum atomic E-state index is -0.364. The molecular weight excluding hydrogens is 334 g/mol. The molecule has 0 spiro atoms. The second kappa shape index (κ2) is 7.85. The van der Waals surface area contributed by atoms with Crippen molar-refractivity contribution in [2.24, 2.45) is 5.92 Å². The van der Waals surface area contributed by atoms with Crippen LogP contribution in [-0.2, 0) is 13.0 Å². The number of aromatic nitrogens is 6. The van der Waals surface area contributed by atoms with E-state index in [-0.39, 0.29) is 11.9 Å². The first-order chi connectivity index (χ1) is 12.5. The van der Waals surface area contributed by atoms with Gasteiger partial charge in [-0.1, -0.05) is 31.1 Å². The molecule has 1 N–H and O–H groups in total. The number of hydrogen-bond donors (Lipinski definition) is 1. The Bertz CT molecular complexity index is 840. The molecule has 3 aromatic rings. The first-order valence-corrected chi connectivity index (χ1v) is 8.44. The van der Waals surface area contributed by atoms with Crippen molar-refractivity contribution in [3.8, 4) is 0 Å². The van der Waals surface area contributed by atoms with Crippen molar-refractivity contribution in [3.63, 3.8) is 0 Å². The van der Waals surface area contributed by atoms with E-state index in [0.717, 1.165) is 12.0 Å². The van der Waals surface area contributed by atoms with Crippen LogP contribution in [-0.4, -0.2) is 36.3 Å². The number of benzene rings is 1. The van der Waals surface area contributed by atoms with Gasteiger partial charge in [-0.15, -0.1) is 5.10 Å². The molecule has 1 atom stereocenters. The maximum atomic E-state index is 12.4.